The Bertz CT molecular complexity index is 497. The molecule has 10 heteroatoms. The molecule has 0 aliphatic carbocycles. The van der Waals surface area contributed by atoms with E-state index in [1.807, 2.05) is 13.8 Å². The summed E-state index contributed by atoms with van der Waals surface area (Å²) < 4.78 is 0. The number of rotatable bonds is 13. The molecule has 0 aromatic carbocycles. The minimum absolute atomic E-state index is 0.0246. The number of carboxylic acids is 1. The number of hydrogen-bond acceptors (Lipinski definition) is 6. The van der Waals surface area contributed by atoms with Crippen molar-refractivity contribution in [3.05, 3.63) is 0 Å². The number of carboxylic acid groups (broad SMARTS) is 1. The van der Waals surface area contributed by atoms with Gasteiger partial charge in [0, 0.05) is 0 Å². The SMILES string of the molecule is CC(C)C[C@H](NC(=O)[C@@H](CC(N)=O)NC(=O)[C@H](N)CCCCN)C(=O)O. The van der Waals surface area contributed by atoms with Crippen LogP contribution in [0, 0.1) is 5.92 Å². The normalized spacial score (nSPS) is 14.3. The Morgan fingerprint density at radius 1 is 1.00 bits per heavy atom. The van der Waals surface area contributed by atoms with E-state index in [0.29, 0.717) is 25.8 Å². The predicted molar refractivity (Wildman–Crippen MR) is 95.6 cm³/mol. The van der Waals surface area contributed by atoms with Gasteiger partial charge < -0.3 is 32.9 Å². The summed E-state index contributed by atoms with van der Waals surface area (Å²) in [5.41, 5.74) is 16.3. The van der Waals surface area contributed by atoms with Crippen LogP contribution in [-0.4, -0.2) is 53.5 Å². The summed E-state index contributed by atoms with van der Waals surface area (Å²) in [6, 6.07) is -3.28. The molecular weight excluding hydrogens is 342 g/mol. The lowest BCUT2D eigenvalue weighted by Gasteiger charge is -2.23. The van der Waals surface area contributed by atoms with Gasteiger partial charge in [0.25, 0.3) is 0 Å². The van der Waals surface area contributed by atoms with Gasteiger partial charge in [-0.1, -0.05) is 20.3 Å². The van der Waals surface area contributed by atoms with Crippen LogP contribution in [0.15, 0.2) is 0 Å². The highest BCUT2D eigenvalue weighted by Gasteiger charge is 2.29. The van der Waals surface area contributed by atoms with Crippen LogP contribution in [0.5, 0.6) is 0 Å². The van der Waals surface area contributed by atoms with Gasteiger partial charge in [0.1, 0.15) is 12.1 Å². The molecule has 0 heterocycles. The van der Waals surface area contributed by atoms with Crippen molar-refractivity contribution < 1.29 is 24.3 Å². The number of unbranched alkanes of at least 4 members (excludes halogenated alkanes) is 1. The first-order valence-electron chi connectivity index (χ1n) is 8.65. The van der Waals surface area contributed by atoms with E-state index < -0.39 is 48.2 Å². The molecule has 0 unspecified atom stereocenters. The van der Waals surface area contributed by atoms with Gasteiger partial charge in [-0.25, -0.2) is 4.79 Å². The van der Waals surface area contributed by atoms with Crippen molar-refractivity contribution >= 4 is 23.7 Å². The summed E-state index contributed by atoms with van der Waals surface area (Å²) in [4.78, 5) is 46.9. The molecule has 0 rings (SSSR count). The number of amides is 3. The second-order valence-electron chi connectivity index (χ2n) is 6.65. The number of hydrogen-bond donors (Lipinski definition) is 6. The molecule has 0 saturated carbocycles. The molecule has 150 valence electrons. The molecule has 3 atom stereocenters. The fourth-order valence-electron chi connectivity index (χ4n) is 2.29. The molecule has 0 aromatic heterocycles. The van der Waals surface area contributed by atoms with Crippen molar-refractivity contribution in [3.8, 4) is 0 Å². The minimum Gasteiger partial charge on any atom is -0.480 e. The van der Waals surface area contributed by atoms with Gasteiger partial charge in [0.05, 0.1) is 12.5 Å². The van der Waals surface area contributed by atoms with Gasteiger partial charge in [-0.3, -0.25) is 14.4 Å². The Kier molecular flexibility index (Phi) is 11.2. The topological polar surface area (TPSA) is 191 Å². The molecule has 0 spiro atoms. The summed E-state index contributed by atoms with van der Waals surface area (Å²) in [5.74, 6) is -3.39. The molecule has 26 heavy (non-hydrogen) atoms. The van der Waals surface area contributed by atoms with E-state index in [4.69, 9.17) is 17.2 Å². The van der Waals surface area contributed by atoms with Crippen molar-refractivity contribution in [1.82, 2.24) is 10.6 Å². The Labute approximate surface area is 153 Å². The highest BCUT2D eigenvalue weighted by Crippen LogP contribution is 2.06. The van der Waals surface area contributed by atoms with Crippen molar-refractivity contribution in [2.75, 3.05) is 6.54 Å². The van der Waals surface area contributed by atoms with Crippen LogP contribution >= 0.6 is 0 Å². The maximum Gasteiger partial charge on any atom is 0.326 e. The number of aliphatic carboxylic acids is 1. The second-order valence-corrected chi connectivity index (χ2v) is 6.65. The molecule has 3 amide bonds. The fourth-order valence-corrected chi connectivity index (χ4v) is 2.29. The lowest BCUT2D eigenvalue weighted by atomic mass is 10.0. The third kappa shape index (κ3) is 9.94. The number of primary amides is 1. The molecular formula is C16H31N5O5. The first kappa shape index (κ1) is 23.8. The summed E-state index contributed by atoms with van der Waals surface area (Å²) in [7, 11) is 0. The quantitative estimate of drug-likeness (QED) is 0.210. The highest BCUT2D eigenvalue weighted by molar-refractivity contribution is 5.94. The molecule has 0 bridgehead atoms. The van der Waals surface area contributed by atoms with Crippen molar-refractivity contribution in [1.29, 1.82) is 0 Å². The van der Waals surface area contributed by atoms with Crippen molar-refractivity contribution in [2.24, 2.45) is 23.1 Å². The average Bonchev–Trinajstić information content (AvgIpc) is 2.52. The third-order valence-electron chi connectivity index (χ3n) is 3.67. The van der Waals surface area contributed by atoms with Gasteiger partial charge in [-0.05, 0) is 31.7 Å². The zero-order valence-corrected chi connectivity index (χ0v) is 15.4. The molecule has 0 aliphatic heterocycles. The van der Waals surface area contributed by atoms with Crippen LogP contribution in [0.3, 0.4) is 0 Å². The number of nitrogens with one attached hydrogen (secondary N) is 2. The largest absolute Gasteiger partial charge is 0.480 e. The fraction of sp³-hybridized carbons (Fsp3) is 0.750. The van der Waals surface area contributed by atoms with E-state index in [9.17, 15) is 24.3 Å². The maximum absolute atomic E-state index is 12.3. The zero-order valence-electron chi connectivity index (χ0n) is 15.4. The van der Waals surface area contributed by atoms with Gasteiger partial charge in [0.15, 0.2) is 0 Å². The lowest BCUT2D eigenvalue weighted by molar-refractivity contribution is -0.142. The van der Waals surface area contributed by atoms with Crippen LogP contribution in [0.1, 0.15) is 46.0 Å². The van der Waals surface area contributed by atoms with Crippen LogP contribution in [-0.2, 0) is 19.2 Å². The van der Waals surface area contributed by atoms with Crippen LogP contribution in [0.2, 0.25) is 0 Å². The molecule has 0 saturated heterocycles. The Morgan fingerprint density at radius 3 is 2.04 bits per heavy atom. The summed E-state index contributed by atoms with van der Waals surface area (Å²) in [6.07, 6.45) is 1.48. The van der Waals surface area contributed by atoms with E-state index in [0.717, 1.165) is 0 Å². The summed E-state index contributed by atoms with van der Waals surface area (Å²) in [6.45, 7) is 4.10. The number of carbonyl (C=O) groups excluding carboxylic acids is 3. The van der Waals surface area contributed by atoms with E-state index in [2.05, 4.69) is 10.6 Å². The van der Waals surface area contributed by atoms with Gasteiger partial charge in [-0.2, -0.15) is 0 Å². The van der Waals surface area contributed by atoms with Crippen molar-refractivity contribution in [3.63, 3.8) is 0 Å². The smallest absolute Gasteiger partial charge is 0.326 e. The highest BCUT2D eigenvalue weighted by atomic mass is 16.4. The first-order valence-corrected chi connectivity index (χ1v) is 8.65. The second kappa shape index (κ2) is 12.2. The molecule has 0 aromatic rings. The minimum atomic E-state index is -1.28. The van der Waals surface area contributed by atoms with Crippen LogP contribution in [0.25, 0.3) is 0 Å². The summed E-state index contributed by atoms with van der Waals surface area (Å²) in [5, 5.41) is 13.9. The lowest BCUT2D eigenvalue weighted by Crippen LogP contribution is -2.55. The van der Waals surface area contributed by atoms with Gasteiger partial charge >= 0.3 is 5.97 Å². The van der Waals surface area contributed by atoms with E-state index in [-0.39, 0.29) is 12.3 Å². The maximum atomic E-state index is 12.3. The molecule has 0 fully saturated rings. The van der Waals surface area contributed by atoms with E-state index in [1.54, 1.807) is 0 Å². The Hall–Kier alpha value is -2.20. The standard InChI is InChI=1S/C16H31N5O5/c1-9(2)7-12(16(25)26)21-15(24)11(8-13(19)22)20-14(23)10(18)5-3-4-6-17/h9-12H,3-8,17-18H2,1-2H3,(H2,19,22)(H,20,23)(H,21,24)(H,25,26)/t10-,11-,12+/m1/s1. The first-order chi connectivity index (χ1) is 12.1. The van der Waals surface area contributed by atoms with Gasteiger partial charge in [-0.15, -0.1) is 0 Å². The molecule has 0 aliphatic rings. The Morgan fingerprint density at radius 2 is 1.58 bits per heavy atom. The number of nitrogens with two attached hydrogens (primary N) is 3. The summed E-state index contributed by atoms with van der Waals surface area (Å²) >= 11 is 0. The molecule has 9 N–H and O–H groups in total. The van der Waals surface area contributed by atoms with E-state index >= 15 is 0 Å². The monoisotopic (exact) mass is 373 g/mol. The average molecular weight is 373 g/mol. The van der Waals surface area contributed by atoms with Crippen LogP contribution < -0.4 is 27.8 Å². The van der Waals surface area contributed by atoms with Crippen LogP contribution in [0.4, 0.5) is 0 Å². The Balaban J connectivity index is 4.94. The third-order valence-corrected chi connectivity index (χ3v) is 3.67. The van der Waals surface area contributed by atoms with Crippen molar-refractivity contribution in [2.45, 2.75) is 64.1 Å². The zero-order chi connectivity index (χ0) is 20.3. The predicted octanol–water partition coefficient (Wildman–Crippen LogP) is -1.58. The number of carbonyl (C=O) groups is 4. The molecule has 0 radical (unpaired) electrons. The van der Waals surface area contributed by atoms with Gasteiger partial charge in [0.2, 0.25) is 17.7 Å². The molecule has 10 nitrogen and oxygen atoms in total. The van der Waals surface area contributed by atoms with E-state index in [1.165, 1.54) is 0 Å².